The molecule has 1 atom stereocenters. The van der Waals surface area contributed by atoms with E-state index in [-0.39, 0.29) is 11.8 Å². The molecule has 3 heterocycles. The van der Waals surface area contributed by atoms with Gasteiger partial charge in [-0.3, -0.25) is 9.78 Å². The highest BCUT2D eigenvalue weighted by Gasteiger charge is 2.27. The van der Waals surface area contributed by atoms with Gasteiger partial charge in [-0.05, 0) is 64.8 Å². The molecule has 0 saturated carbocycles. The molecule has 3 aromatic rings. The van der Waals surface area contributed by atoms with Crippen LogP contribution in [0.4, 0.5) is 10.7 Å². The Morgan fingerprint density at radius 1 is 1.11 bits per heavy atom. The quantitative estimate of drug-likeness (QED) is 0.493. The minimum Gasteiger partial charge on any atom is -0.444 e. The van der Waals surface area contributed by atoms with Crippen LogP contribution in [0.25, 0.3) is 11.0 Å². The van der Waals surface area contributed by atoms with Crippen LogP contribution < -0.4 is 10.6 Å². The average molecular weight is 493 g/mol. The second-order valence-corrected chi connectivity index (χ2v) is 10.4. The molecular weight excluding hydrogens is 456 g/mol. The molecule has 1 amide bonds. The van der Waals surface area contributed by atoms with Gasteiger partial charge in [0.05, 0.1) is 23.3 Å². The van der Waals surface area contributed by atoms with Crippen LogP contribution in [0, 0.1) is 0 Å². The first-order chi connectivity index (χ1) is 17.2. The molecule has 1 aliphatic heterocycles. The number of Topliss-reactive ketones (excluding diaryl/α,β-unsaturated/α-hetero) is 1. The number of alkyl carbamates (subject to hydrolysis) is 1. The van der Waals surface area contributed by atoms with Crippen LogP contribution in [0.15, 0.2) is 48.7 Å². The number of nitrogens with one attached hydrogen (secondary N) is 2. The Hall–Kier alpha value is -3.46. The largest absolute Gasteiger partial charge is 0.444 e. The second-order valence-electron chi connectivity index (χ2n) is 10.4. The van der Waals surface area contributed by atoms with Crippen molar-refractivity contribution < 1.29 is 14.3 Å². The zero-order chi connectivity index (χ0) is 25.7. The number of pyridine rings is 1. The summed E-state index contributed by atoms with van der Waals surface area (Å²) in [5.41, 5.74) is 2.39. The van der Waals surface area contributed by atoms with Gasteiger partial charge in [0.25, 0.3) is 0 Å². The Morgan fingerprint density at radius 2 is 1.83 bits per heavy atom. The summed E-state index contributed by atoms with van der Waals surface area (Å²) >= 11 is 0. The number of likely N-dealkylation sites (tertiary alicyclic amines) is 1. The van der Waals surface area contributed by atoms with E-state index in [1.54, 1.807) is 20.8 Å². The van der Waals surface area contributed by atoms with Gasteiger partial charge < -0.3 is 24.8 Å². The third kappa shape index (κ3) is 6.81. The number of amides is 1. The van der Waals surface area contributed by atoms with Gasteiger partial charge in [0, 0.05) is 31.9 Å². The van der Waals surface area contributed by atoms with E-state index in [2.05, 4.69) is 31.2 Å². The molecule has 0 radical (unpaired) electrons. The second kappa shape index (κ2) is 11.1. The van der Waals surface area contributed by atoms with Gasteiger partial charge in [0.15, 0.2) is 5.78 Å². The molecule has 2 aromatic heterocycles. The van der Waals surface area contributed by atoms with Crippen LogP contribution in [0.2, 0.25) is 0 Å². The van der Waals surface area contributed by atoms with Crippen LogP contribution in [0.3, 0.4) is 0 Å². The van der Waals surface area contributed by atoms with Gasteiger partial charge in [0.2, 0.25) is 5.95 Å². The Labute approximate surface area is 212 Å². The van der Waals surface area contributed by atoms with Gasteiger partial charge >= 0.3 is 6.09 Å². The zero-order valence-corrected chi connectivity index (χ0v) is 21.5. The number of para-hydroxylation sites is 2. The van der Waals surface area contributed by atoms with Gasteiger partial charge in [-0.2, -0.15) is 0 Å². The number of ketones is 1. The minimum atomic E-state index is -0.609. The van der Waals surface area contributed by atoms with E-state index in [4.69, 9.17) is 9.72 Å². The standard InChI is InChI=1S/C27H36N6O3/c1-19(34)23(31-26(35)36-27(2,3)4)18-32-15-12-20(13-16-32)29-25-30-22-10-5-6-11-24(22)33(25)17-21-9-7-8-14-28-21/h5-11,14,20,23H,12-13,15-18H2,1-4H3,(H,29,30)(H,31,35). The molecule has 1 unspecified atom stereocenters. The number of hydrogen-bond donors (Lipinski definition) is 2. The first-order valence-corrected chi connectivity index (χ1v) is 12.5. The molecular formula is C27H36N6O3. The van der Waals surface area contributed by atoms with Crippen molar-refractivity contribution in [2.45, 2.75) is 64.8 Å². The number of rotatable bonds is 8. The lowest BCUT2D eigenvalue weighted by molar-refractivity contribution is -0.119. The van der Waals surface area contributed by atoms with Crippen molar-refractivity contribution in [2.24, 2.45) is 0 Å². The van der Waals surface area contributed by atoms with E-state index in [0.717, 1.165) is 48.6 Å². The maximum absolute atomic E-state index is 12.2. The van der Waals surface area contributed by atoms with Crippen LogP contribution >= 0.6 is 0 Å². The summed E-state index contributed by atoms with van der Waals surface area (Å²) in [5, 5.41) is 6.38. The molecule has 192 valence electrons. The molecule has 4 rings (SSSR count). The number of carbonyl (C=O) groups is 2. The van der Waals surface area contributed by atoms with Gasteiger partial charge in [-0.1, -0.05) is 18.2 Å². The third-order valence-electron chi connectivity index (χ3n) is 6.24. The molecule has 36 heavy (non-hydrogen) atoms. The number of carbonyl (C=O) groups excluding carboxylic acids is 2. The first kappa shape index (κ1) is 25.6. The summed E-state index contributed by atoms with van der Waals surface area (Å²) in [6.45, 7) is 9.66. The molecule has 1 saturated heterocycles. The Bertz CT molecular complexity index is 1180. The number of anilines is 1. The zero-order valence-electron chi connectivity index (χ0n) is 21.5. The summed E-state index contributed by atoms with van der Waals surface area (Å²) in [6, 6.07) is 13.7. The predicted octanol–water partition coefficient (Wildman–Crippen LogP) is 3.84. The van der Waals surface area contributed by atoms with Gasteiger partial charge in [-0.15, -0.1) is 0 Å². The van der Waals surface area contributed by atoms with Crippen LogP contribution in [-0.4, -0.2) is 68.6 Å². The topological polar surface area (TPSA) is 101 Å². The van der Waals surface area contributed by atoms with Crippen LogP contribution in [-0.2, 0) is 16.1 Å². The van der Waals surface area contributed by atoms with Crippen LogP contribution in [0.5, 0.6) is 0 Å². The summed E-state index contributed by atoms with van der Waals surface area (Å²) < 4.78 is 7.51. The minimum absolute atomic E-state index is 0.0793. The summed E-state index contributed by atoms with van der Waals surface area (Å²) in [6.07, 6.45) is 3.06. The average Bonchev–Trinajstić information content (AvgIpc) is 3.16. The fourth-order valence-corrected chi connectivity index (χ4v) is 4.43. The van der Waals surface area contributed by atoms with E-state index in [1.165, 1.54) is 6.92 Å². The highest BCUT2D eigenvalue weighted by Crippen LogP contribution is 2.23. The van der Waals surface area contributed by atoms with Crippen LogP contribution in [0.1, 0.15) is 46.2 Å². The predicted molar refractivity (Wildman–Crippen MR) is 140 cm³/mol. The Kier molecular flexibility index (Phi) is 7.88. The van der Waals surface area contributed by atoms with Crippen molar-refractivity contribution in [2.75, 3.05) is 25.0 Å². The van der Waals surface area contributed by atoms with Crippen molar-refractivity contribution in [1.82, 2.24) is 24.8 Å². The highest BCUT2D eigenvalue weighted by molar-refractivity contribution is 5.85. The smallest absolute Gasteiger partial charge is 0.408 e. The normalized spacial score (nSPS) is 16.0. The van der Waals surface area contributed by atoms with E-state index >= 15 is 0 Å². The van der Waals surface area contributed by atoms with Crippen molar-refractivity contribution >= 4 is 28.9 Å². The van der Waals surface area contributed by atoms with E-state index < -0.39 is 17.7 Å². The Balaban J connectivity index is 1.37. The molecule has 1 fully saturated rings. The van der Waals surface area contributed by atoms with Crippen molar-refractivity contribution in [3.8, 4) is 0 Å². The number of fused-ring (bicyclic) bond motifs is 1. The lowest BCUT2D eigenvalue weighted by atomic mass is 10.0. The van der Waals surface area contributed by atoms with E-state index in [1.807, 2.05) is 42.6 Å². The van der Waals surface area contributed by atoms with E-state index in [9.17, 15) is 9.59 Å². The summed E-state index contributed by atoms with van der Waals surface area (Å²) in [4.78, 5) is 35.9. The fraction of sp³-hybridized carbons (Fsp3) is 0.481. The first-order valence-electron chi connectivity index (χ1n) is 12.5. The lowest BCUT2D eigenvalue weighted by Crippen LogP contribution is -2.51. The Morgan fingerprint density at radius 3 is 2.50 bits per heavy atom. The molecule has 0 spiro atoms. The molecule has 2 N–H and O–H groups in total. The molecule has 0 aliphatic carbocycles. The number of benzene rings is 1. The van der Waals surface area contributed by atoms with Gasteiger partial charge in [0.1, 0.15) is 11.6 Å². The lowest BCUT2D eigenvalue weighted by Gasteiger charge is -2.34. The molecule has 0 bridgehead atoms. The summed E-state index contributed by atoms with van der Waals surface area (Å²) in [5.74, 6) is 0.762. The maximum Gasteiger partial charge on any atom is 0.408 e. The molecule has 9 nitrogen and oxygen atoms in total. The number of hydrogen-bond acceptors (Lipinski definition) is 7. The number of imidazole rings is 1. The monoisotopic (exact) mass is 492 g/mol. The number of ether oxygens (including phenoxy) is 1. The highest BCUT2D eigenvalue weighted by atomic mass is 16.6. The van der Waals surface area contributed by atoms with Gasteiger partial charge in [-0.25, -0.2) is 9.78 Å². The summed E-state index contributed by atoms with van der Waals surface area (Å²) in [7, 11) is 0. The number of aromatic nitrogens is 3. The third-order valence-corrected chi connectivity index (χ3v) is 6.24. The maximum atomic E-state index is 12.2. The number of nitrogens with zero attached hydrogens (tertiary/aromatic N) is 4. The van der Waals surface area contributed by atoms with Crippen molar-refractivity contribution in [3.63, 3.8) is 0 Å². The van der Waals surface area contributed by atoms with Crippen molar-refractivity contribution in [3.05, 3.63) is 54.4 Å². The molecule has 9 heteroatoms. The SMILES string of the molecule is CC(=O)C(CN1CCC(Nc2nc3ccccc3n2Cc2ccccn2)CC1)NC(=O)OC(C)(C)C. The number of piperidine rings is 1. The fourth-order valence-electron chi connectivity index (χ4n) is 4.43. The van der Waals surface area contributed by atoms with E-state index in [0.29, 0.717) is 13.1 Å². The molecule has 1 aromatic carbocycles. The van der Waals surface area contributed by atoms with Crippen molar-refractivity contribution in [1.29, 1.82) is 0 Å². The molecule has 1 aliphatic rings.